The summed E-state index contributed by atoms with van der Waals surface area (Å²) in [6.45, 7) is 1.32. The van der Waals surface area contributed by atoms with Crippen molar-refractivity contribution >= 4 is 34.3 Å². The molecule has 26 heavy (non-hydrogen) atoms. The van der Waals surface area contributed by atoms with Crippen LogP contribution in [0, 0.1) is 0 Å². The van der Waals surface area contributed by atoms with Crippen molar-refractivity contribution in [1.82, 2.24) is 9.55 Å². The third-order valence-electron chi connectivity index (χ3n) is 4.15. The monoisotopic (exact) mass is 392 g/mol. The summed E-state index contributed by atoms with van der Waals surface area (Å²) >= 11 is 7.57. The zero-order valence-electron chi connectivity index (χ0n) is 13.9. The molecule has 1 atom stereocenters. The largest absolute Gasteiger partial charge is 0.467 e. The summed E-state index contributed by atoms with van der Waals surface area (Å²) in [5.74, 6) is 1.39. The number of thioether (sulfide) groups is 1. The maximum Gasteiger partial charge on any atom is 0.262 e. The van der Waals surface area contributed by atoms with Gasteiger partial charge in [-0.3, -0.25) is 9.36 Å². The van der Waals surface area contributed by atoms with Gasteiger partial charge in [-0.15, -0.1) is 0 Å². The fourth-order valence-corrected chi connectivity index (χ4v) is 4.01. The highest BCUT2D eigenvalue weighted by Gasteiger charge is 2.18. The van der Waals surface area contributed by atoms with E-state index in [0.29, 0.717) is 52.5 Å². The topological polar surface area (TPSA) is 66.5 Å². The Balaban J connectivity index is 1.70. The summed E-state index contributed by atoms with van der Waals surface area (Å²) in [6, 6.07) is 8.77. The molecule has 3 aromatic rings. The minimum atomic E-state index is -0.113. The number of benzene rings is 1. The van der Waals surface area contributed by atoms with E-state index in [9.17, 15) is 4.79 Å². The second-order valence-electron chi connectivity index (χ2n) is 5.94. The Kier molecular flexibility index (Phi) is 5.31. The van der Waals surface area contributed by atoms with Crippen LogP contribution in [0.5, 0.6) is 0 Å². The first-order valence-electron chi connectivity index (χ1n) is 8.25. The molecule has 0 aliphatic carbocycles. The number of rotatable bonds is 5. The molecule has 0 amide bonds. The first kappa shape index (κ1) is 17.6. The van der Waals surface area contributed by atoms with Gasteiger partial charge in [-0.05, 0) is 36.8 Å². The smallest absolute Gasteiger partial charge is 0.262 e. The molecule has 0 radical (unpaired) electrons. The van der Waals surface area contributed by atoms with Crippen LogP contribution in [0.25, 0.3) is 10.9 Å². The molecule has 0 N–H and O–H groups in total. The van der Waals surface area contributed by atoms with Crippen molar-refractivity contribution in [3.8, 4) is 0 Å². The van der Waals surface area contributed by atoms with Crippen molar-refractivity contribution in [3.63, 3.8) is 0 Å². The van der Waals surface area contributed by atoms with Crippen LogP contribution < -0.4 is 5.56 Å². The van der Waals surface area contributed by atoms with Gasteiger partial charge in [0.15, 0.2) is 5.16 Å². The second kappa shape index (κ2) is 7.84. The first-order chi connectivity index (χ1) is 12.7. The Morgan fingerprint density at radius 2 is 2.27 bits per heavy atom. The summed E-state index contributed by atoms with van der Waals surface area (Å²) in [7, 11) is 0. The van der Waals surface area contributed by atoms with E-state index in [1.54, 1.807) is 35.1 Å². The quantitative estimate of drug-likeness (QED) is 0.488. The maximum atomic E-state index is 13.0. The van der Waals surface area contributed by atoms with Crippen molar-refractivity contribution in [3.05, 3.63) is 57.7 Å². The molecule has 136 valence electrons. The average Bonchev–Trinajstić information content (AvgIpc) is 3.16. The van der Waals surface area contributed by atoms with Crippen LogP contribution in [0.3, 0.4) is 0 Å². The highest BCUT2D eigenvalue weighted by atomic mass is 35.5. The lowest BCUT2D eigenvalue weighted by molar-refractivity contribution is -0.130. The van der Waals surface area contributed by atoms with Crippen molar-refractivity contribution in [2.75, 3.05) is 19.2 Å². The van der Waals surface area contributed by atoms with Crippen LogP contribution in [0.1, 0.15) is 12.2 Å². The molecule has 3 heterocycles. The normalized spacial score (nSPS) is 17.7. The highest BCUT2D eigenvalue weighted by molar-refractivity contribution is 7.99. The first-order valence-corrected chi connectivity index (χ1v) is 9.62. The summed E-state index contributed by atoms with van der Waals surface area (Å²) < 4.78 is 17.8. The van der Waals surface area contributed by atoms with Crippen LogP contribution in [0.2, 0.25) is 5.02 Å². The predicted octanol–water partition coefficient (Wildman–Crippen LogP) is 3.55. The van der Waals surface area contributed by atoms with Gasteiger partial charge in [-0.2, -0.15) is 0 Å². The molecule has 6 nitrogen and oxygen atoms in total. The number of hydrogen-bond acceptors (Lipinski definition) is 6. The molecular formula is C18H17ClN2O4S. The molecule has 0 spiro atoms. The molecule has 1 aromatic carbocycles. The molecule has 1 aliphatic heterocycles. The highest BCUT2D eigenvalue weighted by Crippen LogP contribution is 2.23. The van der Waals surface area contributed by atoms with Crippen LogP contribution in [-0.2, 0) is 16.0 Å². The maximum absolute atomic E-state index is 13.0. The fraction of sp³-hybridized carbons (Fsp3) is 0.333. The van der Waals surface area contributed by atoms with Crippen LogP contribution in [-0.4, -0.2) is 34.8 Å². The molecular weight excluding hydrogens is 376 g/mol. The molecule has 0 unspecified atom stereocenters. The Hall–Kier alpha value is -1.80. The summed E-state index contributed by atoms with van der Waals surface area (Å²) in [4.78, 5) is 17.7. The van der Waals surface area contributed by atoms with Gasteiger partial charge in [0, 0.05) is 10.8 Å². The van der Waals surface area contributed by atoms with E-state index in [0.717, 1.165) is 6.42 Å². The number of aromatic nitrogens is 2. The summed E-state index contributed by atoms with van der Waals surface area (Å²) in [6.07, 6.45) is 2.50. The van der Waals surface area contributed by atoms with E-state index >= 15 is 0 Å². The fourth-order valence-electron chi connectivity index (χ4n) is 2.78. The number of furan rings is 1. The van der Waals surface area contributed by atoms with Gasteiger partial charge < -0.3 is 13.9 Å². The van der Waals surface area contributed by atoms with E-state index in [1.165, 1.54) is 11.8 Å². The zero-order chi connectivity index (χ0) is 17.9. The molecule has 1 aliphatic rings. The minimum Gasteiger partial charge on any atom is -0.467 e. The zero-order valence-corrected chi connectivity index (χ0v) is 15.5. The molecule has 0 saturated carbocycles. The number of fused-ring (bicyclic) bond motifs is 1. The molecule has 1 fully saturated rings. The Labute approximate surface area is 159 Å². The Morgan fingerprint density at radius 1 is 1.35 bits per heavy atom. The summed E-state index contributed by atoms with van der Waals surface area (Å²) in [5.41, 5.74) is 0.479. The van der Waals surface area contributed by atoms with E-state index in [2.05, 4.69) is 4.98 Å². The van der Waals surface area contributed by atoms with E-state index < -0.39 is 0 Å². The van der Waals surface area contributed by atoms with Crippen LogP contribution >= 0.6 is 23.4 Å². The van der Waals surface area contributed by atoms with Gasteiger partial charge in [-0.25, -0.2) is 4.98 Å². The molecule has 2 aromatic heterocycles. The second-order valence-corrected chi connectivity index (χ2v) is 7.36. The van der Waals surface area contributed by atoms with Crippen molar-refractivity contribution in [2.45, 2.75) is 24.2 Å². The van der Waals surface area contributed by atoms with Crippen LogP contribution in [0.4, 0.5) is 0 Å². The molecule has 0 bridgehead atoms. The van der Waals surface area contributed by atoms with Crippen molar-refractivity contribution in [2.24, 2.45) is 0 Å². The van der Waals surface area contributed by atoms with Gasteiger partial charge >= 0.3 is 0 Å². The Morgan fingerprint density at radius 3 is 3.04 bits per heavy atom. The van der Waals surface area contributed by atoms with Gasteiger partial charge in [0.2, 0.25) is 0 Å². The van der Waals surface area contributed by atoms with Gasteiger partial charge in [-0.1, -0.05) is 23.4 Å². The van der Waals surface area contributed by atoms with E-state index in [-0.39, 0.29) is 11.7 Å². The van der Waals surface area contributed by atoms with Gasteiger partial charge in [0.05, 0.1) is 36.4 Å². The average molecular weight is 393 g/mol. The lowest BCUT2D eigenvalue weighted by Crippen LogP contribution is -2.27. The molecule has 1 saturated heterocycles. The number of halogens is 1. The van der Waals surface area contributed by atoms with E-state index in [1.807, 2.05) is 6.07 Å². The standard InChI is InChI=1S/C18H17ClN2O4S/c19-12-3-4-15-16(8-12)20-18(26-10-14-5-7-23-11-25-14)21(17(15)22)9-13-2-1-6-24-13/h1-4,6,8,14H,5,7,9-11H2/t14-/m0/s1. The van der Waals surface area contributed by atoms with Crippen LogP contribution in [0.15, 0.2) is 51.0 Å². The SMILES string of the molecule is O=c1c2ccc(Cl)cc2nc(SC[C@@H]2CCOCO2)n1Cc1ccco1. The van der Waals surface area contributed by atoms with Crippen molar-refractivity contribution < 1.29 is 13.9 Å². The van der Waals surface area contributed by atoms with Crippen molar-refractivity contribution in [1.29, 1.82) is 0 Å². The van der Waals surface area contributed by atoms with Gasteiger partial charge in [0.25, 0.3) is 5.56 Å². The Bertz CT molecular complexity index is 952. The van der Waals surface area contributed by atoms with E-state index in [4.69, 9.17) is 25.5 Å². The number of ether oxygens (including phenoxy) is 2. The molecule has 4 rings (SSSR count). The minimum absolute atomic E-state index is 0.0813. The predicted molar refractivity (Wildman–Crippen MR) is 99.9 cm³/mol. The number of hydrogen-bond donors (Lipinski definition) is 0. The lowest BCUT2D eigenvalue weighted by atomic mass is 10.2. The third-order valence-corrected chi connectivity index (χ3v) is 5.49. The molecule has 8 heteroatoms. The number of nitrogens with zero attached hydrogens (tertiary/aromatic N) is 2. The lowest BCUT2D eigenvalue weighted by Gasteiger charge is -2.22. The summed E-state index contributed by atoms with van der Waals surface area (Å²) in [5, 5.41) is 1.71. The van der Waals surface area contributed by atoms with Gasteiger partial charge in [0.1, 0.15) is 12.6 Å². The third kappa shape index (κ3) is 3.81.